The molecule has 2 amide bonds. The third kappa shape index (κ3) is 5.77. The van der Waals surface area contributed by atoms with Crippen LogP contribution in [0.4, 0.5) is 4.79 Å². The number of sulfone groups is 1. The van der Waals surface area contributed by atoms with Gasteiger partial charge >= 0.3 is 12.0 Å². The Morgan fingerprint density at radius 1 is 1.40 bits per heavy atom. The lowest BCUT2D eigenvalue weighted by Gasteiger charge is -2.24. The zero-order valence-corrected chi connectivity index (χ0v) is 12.6. The van der Waals surface area contributed by atoms with Gasteiger partial charge in [-0.1, -0.05) is 6.92 Å². The van der Waals surface area contributed by atoms with Crippen LogP contribution in [0.15, 0.2) is 0 Å². The molecule has 1 rings (SSSR count). The number of nitrogens with zero attached hydrogens (tertiary/aromatic N) is 1. The first-order valence-corrected chi connectivity index (χ1v) is 8.78. The molecule has 0 aromatic carbocycles. The van der Waals surface area contributed by atoms with Gasteiger partial charge in [-0.25, -0.2) is 18.0 Å². The lowest BCUT2D eigenvalue weighted by atomic mass is 10.2. The van der Waals surface area contributed by atoms with Gasteiger partial charge in [-0.2, -0.15) is 0 Å². The van der Waals surface area contributed by atoms with Crippen LogP contribution in [0, 0.1) is 0 Å². The van der Waals surface area contributed by atoms with Gasteiger partial charge in [0, 0.05) is 18.8 Å². The summed E-state index contributed by atoms with van der Waals surface area (Å²) in [7, 11) is -3.25. The molecule has 0 heterocycles. The van der Waals surface area contributed by atoms with Gasteiger partial charge in [-0.15, -0.1) is 0 Å². The number of rotatable bonds is 8. The first kappa shape index (κ1) is 16.7. The number of aliphatic carboxylic acids is 1. The summed E-state index contributed by atoms with van der Waals surface area (Å²) < 4.78 is 22.2. The van der Waals surface area contributed by atoms with Gasteiger partial charge in [0.15, 0.2) is 0 Å². The Morgan fingerprint density at radius 2 is 2.00 bits per heavy atom. The molecule has 0 aromatic rings. The first-order chi connectivity index (χ1) is 9.24. The molecule has 0 aromatic heterocycles. The zero-order valence-electron chi connectivity index (χ0n) is 11.8. The van der Waals surface area contributed by atoms with Crippen LogP contribution >= 0.6 is 0 Å². The van der Waals surface area contributed by atoms with E-state index in [-0.39, 0.29) is 18.2 Å². The average Bonchev–Trinajstić information content (AvgIpc) is 3.13. The van der Waals surface area contributed by atoms with Crippen LogP contribution in [0.25, 0.3) is 0 Å². The Kier molecular flexibility index (Phi) is 5.79. The molecule has 1 aliphatic carbocycles. The summed E-state index contributed by atoms with van der Waals surface area (Å²) >= 11 is 0. The summed E-state index contributed by atoms with van der Waals surface area (Å²) in [5.41, 5.74) is 0. The summed E-state index contributed by atoms with van der Waals surface area (Å²) in [5, 5.41) is 11.5. The number of carboxylic acids is 1. The Labute approximate surface area is 119 Å². The van der Waals surface area contributed by atoms with Gasteiger partial charge < -0.3 is 15.3 Å². The third-order valence-corrected chi connectivity index (χ3v) is 4.06. The maximum Gasteiger partial charge on any atom is 0.326 e. The molecular formula is C12H22N2O5S. The topological polar surface area (TPSA) is 104 Å². The minimum Gasteiger partial charge on any atom is -0.480 e. The molecule has 0 bridgehead atoms. The number of carboxylic acid groups (broad SMARTS) is 1. The van der Waals surface area contributed by atoms with E-state index in [0.29, 0.717) is 6.54 Å². The summed E-state index contributed by atoms with van der Waals surface area (Å²) in [6.07, 6.45) is 3.60. The number of hydrogen-bond donors (Lipinski definition) is 2. The molecule has 116 valence electrons. The van der Waals surface area contributed by atoms with Crippen molar-refractivity contribution in [3.8, 4) is 0 Å². The Balaban J connectivity index is 2.59. The molecule has 1 unspecified atom stereocenters. The van der Waals surface area contributed by atoms with E-state index in [9.17, 15) is 18.0 Å². The van der Waals surface area contributed by atoms with E-state index >= 15 is 0 Å². The summed E-state index contributed by atoms with van der Waals surface area (Å²) in [6.45, 7) is 2.52. The maximum atomic E-state index is 12.1. The molecule has 0 spiro atoms. The monoisotopic (exact) mass is 306 g/mol. The molecule has 1 saturated carbocycles. The van der Waals surface area contributed by atoms with Crippen molar-refractivity contribution in [3.63, 3.8) is 0 Å². The number of urea groups is 1. The van der Waals surface area contributed by atoms with Gasteiger partial charge in [0.1, 0.15) is 15.9 Å². The van der Waals surface area contributed by atoms with Crippen LogP contribution < -0.4 is 5.32 Å². The van der Waals surface area contributed by atoms with Crippen molar-refractivity contribution in [2.45, 2.75) is 44.7 Å². The van der Waals surface area contributed by atoms with Crippen LogP contribution in [-0.2, 0) is 14.6 Å². The highest BCUT2D eigenvalue weighted by Gasteiger charge is 2.33. The smallest absolute Gasteiger partial charge is 0.326 e. The number of nitrogens with one attached hydrogen (secondary N) is 1. The lowest BCUT2D eigenvalue weighted by Crippen LogP contribution is -2.49. The fraction of sp³-hybridized carbons (Fsp3) is 0.833. The van der Waals surface area contributed by atoms with Crippen molar-refractivity contribution in [1.82, 2.24) is 10.2 Å². The molecule has 0 radical (unpaired) electrons. The van der Waals surface area contributed by atoms with Gasteiger partial charge in [-0.3, -0.25) is 0 Å². The van der Waals surface area contributed by atoms with Crippen molar-refractivity contribution in [2.24, 2.45) is 0 Å². The highest BCUT2D eigenvalue weighted by atomic mass is 32.2. The van der Waals surface area contributed by atoms with Crippen LogP contribution in [0.5, 0.6) is 0 Å². The second kappa shape index (κ2) is 6.92. The van der Waals surface area contributed by atoms with E-state index in [1.165, 1.54) is 0 Å². The van der Waals surface area contributed by atoms with E-state index in [1.807, 2.05) is 6.92 Å². The van der Waals surface area contributed by atoms with Crippen molar-refractivity contribution in [2.75, 3.05) is 18.6 Å². The summed E-state index contributed by atoms with van der Waals surface area (Å²) in [6, 6.07) is -1.40. The Hall–Kier alpha value is -1.31. The fourth-order valence-electron chi connectivity index (χ4n) is 1.90. The Morgan fingerprint density at radius 3 is 2.40 bits per heavy atom. The molecule has 1 aliphatic rings. The number of hydrogen-bond acceptors (Lipinski definition) is 4. The van der Waals surface area contributed by atoms with Crippen molar-refractivity contribution < 1.29 is 23.1 Å². The molecular weight excluding hydrogens is 284 g/mol. The van der Waals surface area contributed by atoms with E-state index in [4.69, 9.17) is 5.11 Å². The van der Waals surface area contributed by atoms with Gasteiger partial charge in [0.25, 0.3) is 0 Å². The Bertz CT molecular complexity index is 458. The molecule has 1 fully saturated rings. The first-order valence-electron chi connectivity index (χ1n) is 6.72. The predicted octanol–water partition coefficient (Wildman–Crippen LogP) is 0.458. The molecule has 8 heteroatoms. The normalized spacial score (nSPS) is 16.5. The second-order valence-corrected chi connectivity index (χ2v) is 7.44. The molecule has 0 aliphatic heterocycles. The van der Waals surface area contributed by atoms with Crippen molar-refractivity contribution in [3.05, 3.63) is 0 Å². The second-order valence-electron chi connectivity index (χ2n) is 5.18. The van der Waals surface area contributed by atoms with Crippen LogP contribution in [0.2, 0.25) is 0 Å². The largest absolute Gasteiger partial charge is 0.480 e. The highest BCUT2D eigenvalue weighted by Crippen LogP contribution is 2.27. The molecule has 7 nitrogen and oxygen atoms in total. The van der Waals surface area contributed by atoms with Gasteiger partial charge in [0.05, 0.1) is 5.75 Å². The van der Waals surface area contributed by atoms with Gasteiger partial charge in [0.2, 0.25) is 0 Å². The van der Waals surface area contributed by atoms with E-state index in [0.717, 1.165) is 25.5 Å². The van der Waals surface area contributed by atoms with Crippen LogP contribution in [-0.4, -0.2) is 61.1 Å². The van der Waals surface area contributed by atoms with Crippen LogP contribution in [0.3, 0.4) is 0 Å². The van der Waals surface area contributed by atoms with Crippen molar-refractivity contribution in [1.29, 1.82) is 0 Å². The predicted molar refractivity (Wildman–Crippen MR) is 74.3 cm³/mol. The summed E-state index contributed by atoms with van der Waals surface area (Å²) in [4.78, 5) is 24.8. The van der Waals surface area contributed by atoms with Crippen LogP contribution in [0.1, 0.15) is 32.6 Å². The molecule has 20 heavy (non-hydrogen) atoms. The third-order valence-electron chi connectivity index (χ3n) is 3.09. The quantitative estimate of drug-likeness (QED) is 0.678. The standard InChI is InChI=1S/C12H22N2O5S/c1-3-7-14(9-4-5-9)12(17)13-10(11(15)16)6-8-20(2,18)19/h9-10H,3-8H2,1-2H3,(H,13,17)(H,15,16). The summed E-state index contributed by atoms with van der Waals surface area (Å²) in [5.74, 6) is -1.48. The fourth-order valence-corrected chi connectivity index (χ4v) is 2.56. The van der Waals surface area contributed by atoms with Gasteiger partial charge in [-0.05, 0) is 25.7 Å². The minimum atomic E-state index is -3.25. The number of carbonyl (C=O) groups excluding carboxylic acids is 1. The number of amides is 2. The SMILES string of the molecule is CCCN(C(=O)NC(CCS(C)(=O)=O)C(=O)O)C1CC1. The van der Waals surface area contributed by atoms with E-state index < -0.39 is 27.9 Å². The average molecular weight is 306 g/mol. The number of carbonyl (C=O) groups is 2. The molecule has 0 saturated heterocycles. The minimum absolute atomic E-state index is 0.120. The lowest BCUT2D eigenvalue weighted by molar-refractivity contribution is -0.139. The molecule has 1 atom stereocenters. The zero-order chi connectivity index (χ0) is 15.3. The highest BCUT2D eigenvalue weighted by molar-refractivity contribution is 7.90. The molecule has 2 N–H and O–H groups in total. The van der Waals surface area contributed by atoms with E-state index in [1.54, 1.807) is 4.90 Å². The maximum absolute atomic E-state index is 12.1. The van der Waals surface area contributed by atoms with E-state index in [2.05, 4.69) is 5.32 Å². The van der Waals surface area contributed by atoms with Crippen molar-refractivity contribution >= 4 is 21.8 Å².